The van der Waals surface area contributed by atoms with Gasteiger partial charge < -0.3 is 19.5 Å². The summed E-state index contributed by atoms with van der Waals surface area (Å²) in [5, 5.41) is 6.37. The number of hydrogen-bond donors (Lipinski definition) is 1. The van der Waals surface area contributed by atoms with Crippen LogP contribution in [0.4, 0.5) is 18.0 Å². The molecule has 1 heterocycles. The molecule has 1 N–H and O–H groups in total. The van der Waals surface area contributed by atoms with Gasteiger partial charge in [-0.05, 0) is 69.3 Å². The number of nitrogens with zero attached hydrogens (tertiary/aromatic N) is 3. The first kappa shape index (κ1) is 25.9. The molecule has 0 aliphatic carbocycles. The Morgan fingerprint density at radius 3 is 2.17 bits per heavy atom. The maximum atomic E-state index is 13.3. The molecular formula is C24H27F3N4O4. The van der Waals surface area contributed by atoms with Crippen LogP contribution in [0, 0.1) is 0 Å². The van der Waals surface area contributed by atoms with Crippen molar-refractivity contribution in [2.75, 3.05) is 20.3 Å². The fraction of sp³-hybridized carbons (Fsp3) is 0.375. The Morgan fingerprint density at radius 1 is 0.971 bits per heavy atom. The zero-order chi connectivity index (χ0) is 25.6. The topological polar surface area (TPSA) is 87.5 Å². The van der Waals surface area contributed by atoms with Crippen LogP contribution >= 0.6 is 0 Å². The van der Waals surface area contributed by atoms with Crippen LogP contribution in [0.25, 0.3) is 17.1 Å². The molecule has 1 aromatic heterocycles. The molecule has 0 bridgehead atoms. The van der Waals surface area contributed by atoms with E-state index < -0.39 is 18.1 Å². The molecule has 0 saturated carbocycles. The van der Waals surface area contributed by atoms with Gasteiger partial charge in [-0.2, -0.15) is 13.2 Å². The highest BCUT2D eigenvalue weighted by Crippen LogP contribution is 2.31. The minimum Gasteiger partial charge on any atom is -0.497 e. The Bertz CT molecular complexity index is 1120. The molecule has 0 radical (unpaired) electrons. The molecule has 8 nitrogen and oxygen atoms in total. The van der Waals surface area contributed by atoms with Gasteiger partial charge in [0.15, 0.2) is 5.82 Å². The van der Waals surface area contributed by atoms with Gasteiger partial charge in [-0.3, -0.25) is 0 Å². The quantitative estimate of drug-likeness (QED) is 0.432. The second kappa shape index (κ2) is 10.7. The van der Waals surface area contributed by atoms with E-state index in [2.05, 4.69) is 15.4 Å². The third-order valence-electron chi connectivity index (χ3n) is 4.56. The molecule has 188 valence electrons. The number of alkyl halides is 3. The first-order valence-electron chi connectivity index (χ1n) is 10.8. The summed E-state index contributed by atoms with van der Waals surface area (Å²) in [6.45, 7) is 6.03. The van der Waals surface area contributed by atoms with Gasteiger partial charge in [0.25, 0.3) is 5.82 Å². The van der Waals surface area contributed by atoms with Crippen LogP contribution in [0.3, 0.4) is 0 Å². The molecule has 0 aliphatic heterocycles. The van der Waals surface area contributed by atoms with Gasteiger partial charge in [0, 0.05) is 17.5 Å². The summed E-state index contributed by atoms with van der Waals surface area (Å²) in [6, 6.07) is 12.9. The van der Waals surface area contributed by atoms with E-state index in [1.54, 1.807) is 48.5 Å². The van der Waals surface area contributed by atoms with Crippen molar-refractivity contribution < 1.29 is 32.2 Å². The third-order valence-corrected chi connectivity index (χ3v) is 4.56. The average molecular weight is 492 g/mol. The van der Waals surface area contributed by atoms with Crippen LogP contribution in [-0.2, 0) is 10.9 Å². The molecule has 11 heteroatoms. The first-order valence-corrected chi connectivity index (χ1v) is 10.8. The summed E-state index contributed by atoms with van der Waals surface area (Å²) < 4.78 is 56.9. The lowest BCUT2D eigenvalue weighted by atomic mass is 10.1. The minimum atomic E-state index is -4.69. The molecule has 1 amide bonds. The number of amides is 1. The predicted octanol–water partition coefficient (Wildman–Crippen LogP) is 5.26. The van der Waals surface area contributed by atoms with Gasteiger partial charge in [-0.1, -0.05) is 0 Å². The molecule has 2 aromatic carbocycles. The van der Waals surface area contributed by atoms with Crippen LogP contribution in [0.5, 0.6) is 11.5 Å². The third kappa shape index (κ3) is 7.36. The minimum absolute atomic E-state index is 0.0345. The van der Waals surface area contributed by atoms with Crippen molar-refractivity contribution in [1.29, 1.82) is 0 Å². The van der Waals surface area contributed by atoms with E-state index in [0.717, 1.165) is 4.68 Å². The molecule has 0 saturated heterocycles. The molecule has 3 aromatic rings. The number of nitrogens with one attached hydrogen (secondary N) is 1. The highest BCUT2D eigenvalue weighted by molar-refractivity contribution is 5.68. The van der Waals surface area contributed by atoms with Crippen molar-refractivity contribution in [3.63, 3.8) is 0 Å². The summed E-state index contributed by atoms with van der Waals surface area (Å²) >= 11 is 0. The smallest absolute Gasteiger partial charge is 0.453 e. The lowest BCUT2D eigenvalue weighted by molar-refractivity contribution is -0.144. The molecule has 0 fully saturated rings. The summed E-state index contributed by atoms with van der Waals surface area (Å²) in [4.78, 5) is 15.4. The zero-order valence-electron chi connectivity index (χ0n) is 19.8. The summed E-state index contributed by atoms with van der Waals surface area (Å²) in [6.07, 6.45) is -4.72. The fourth-order valence-electron chi connectivity index (χ4n) is 2.98. The lowest BCUT2D eigenvalue weighted by Gasteiger charge is -2.19. The highest BCUT2D eigenvalue weighted by Gasteiger charge is 2.37. The Kier molecular flexibility index (Phi) is 7.88. The van der Waals surface area contributed by atoms with E-state index in [9.17, 15) is 18.0 Å². The number of carbonyl (C=O) groups excluding carboxylic acids is 1. The largest absolute Gasteiger partial charge is 0.497 e. The summed E-state index contributed by atoms with van der Waals surface area (Å²) in [5.41, 5.74) is 0.450. The van der Waals surface area contributed by atoms with Gasteiger partial charge in [-0.15, -0.1) is 5.10 Å². The molecule has 0 spiro atoms. The van der Waals surface area contributed by atoms with E-state index in [4.69, 9.17) is 14.2 Å². The standard InChI is InChI=1S/C24H27F3N4O4/c1-23(2,3)29-22(32)35-15-5-14-34-19-10-6-16(7-11-19)20-28-21(24(25,26)27)30-31(20)17-8-12-18(33-4)13-9-17/h6-13H,5,14-15H2,1-4H3,(H,29,32). The number of aromatic nitrogens is 3. The number of rotatable bonds is 8. The molecule has 35 heavy (non-hydrogen) atoms. The van der Waals surface area contributed by atoms with Crippen molar-refractivity contribution in [2.45, 2.75) is 38.9 Å². The zero-order valence-corrected chi connectivity index (χ0v) is 19.8. The number of hydrogen-bond acceptors (Lipinski definition) is 6. The number of methoxy groups -OCH3 is 1. The van der Waals surface area contributed by atoms with E-state index in [-0.39, 0.29) is 18.0 Å². The molecule has 0 unspecified atom stereocenters. The van der Waals surface area contributed by atoms with E-state index in [1.807, 2.05) is 20.8 Å². The Labute approximate surface area is 201 Å². The lowest BCUT2D eigenvalue weighted by Crippen LogP contribution is -2.41. The fourth-order valence-corrected chi connectivity index (χ4v) is 2.98. The van der Waals surface area contributed by atoms with E-state index in [0.29, 0.717) is 35.8 Å². The van der Waals surface area contributed by atoms with E-state index in [1.165, 1.54) is 7.11 Å². The van der Waals surface area contributed by atoms with Crippen LogP contribution in [0.1, 0.15) is 33.0 Å². The van der Waals surface area contributed by atoms with Crippen molar-refractivity contribution in [2.24, 2.45) is 0 Å². The van der Waals surface area contributed by atoms with Crippen LogP contribution < -0.4 is 14.8 Å². The van der Waals surface area contributed by atoms with Crippen molar-refractivity contribution in [3.8, 4) is 28.6 Å². The molecule has 0 atom stereocenters. The normalized spacial score (nSPS) is 11.7. The molecule has 0 aliphatic rings. The van der Waals surface area contributed by atoms with Crippen molar-refractivity contribution >= 4 is 6.09 Å². The number of benzene rings is 2. The van der Waals surface area contributed by atoms with Crippen molar-refractivity contribution in [1.82, 2.24) is 20.1 Å². The van der Waals surface area contributed by atoms with Gasteiger partial charge in [0.05, 0.1) is 26.0 Å². The number of carbonyl (C=O) groups is 1. The number of ether oxygens (including phenoxy) is 3. The second-order valence-electron chi connectivity index (χ2n) is 8.60. The van der Waals surface area contributed by atoms with Crippen molar-refractivity contribution in [3.05, 3.63) is 54.4 Å². The van der Waals surface area contributed by atoms with Gasteiger partial charge in [-0.25, -0.2) is 14.5 Å². The number of halogens is 3. The van der Waals surface area contributed by atoms with E-state index >= 15 is 0 Å². The molecular weight excluding hydrogens is 465 g/mol. The SMILES string of the molecule is COc1ccc(-n2nc(C(F)(F)F)nc2-c2ccc(OCCCOC(=O)NC(C)(C)C)cc2)cc1. The Hall–Kier alpha value is -3.76. The van der Waals surface area contributed by atoms with Gasteiger partial charge in [0.2, 0.25) is 0 Å². The Balaban J connectivity index is 1.67. The monoisotopic (exact) mass is 492 g/mol. The van der Waals surface area contributed by atoms with Gasteiger partial charge in [0.1, 0.15) is 11.5 Å². The first-order chi connectivity index (χ1) is 16.5. The summed E-state index contributed by atoms with van der Waals surface area (Å²) in [7, 11) is 1.50. The average Bonchev–Trinajstić information content (AvgIpc) is 3.24. The Morgan fingerprint density at radius 2 is 1.60 bits per heavy atom. The van der Waals surface area contributed by atoms with Crippen LogP contribution in [0.2, 0.25) is 0 Å². The predicted molar refractivity (Wildman–Crippen MR) is 123 cm³/mol. The highest BCUT2D eigenvalue weighted by atomic mass is 19.4. The maximum absolute atomic E-state index is 13.3. The second-order valence-corrected chi connectivity index (χ2v) is 8.60. The number of alkyl carbamates (subject to hydrolysis) is 1. The van der Waals surface area contributed by atoms with Crippen LogP contribution in [0.15, 0.2) is 48.5 Å². The summed E-state index contributed by atoms with van der Waals surface area (Å²) in [5.74, 6) is -0.126. The van der Waals surface area contributed by atoms with Gasteiger partial charge >= 0.3 is 12.3 Å². The van der Waals surface area contributed by atoms with Crippen LogP contribution in [-0.4, -0.2) is 46.7 Å². The molecule has 3 rings (SSSR count). The maximum Gasteiger partial charge on any atom is 0.453 e.